The van der Waals surface area contributed by atoms with Crippen LogP contribution in [0.1, 0.15) is 53.4 Å². The van der Waals surface area contributed by atoms with Gasteiger partial charge in [0, 0.05) is 6.61 Å². The van der Waals surface area contributed by atoms with Gasteiger partial charge in [0.25, 0.3) is 0 Å². The summed E-state index contributed by atoms with van der Waals surface area (Å²) in [4.78, 5) is 11.4. The molecule has 0 aromatic rings. The topological polar surface area (TPSA) is 46.5 Å². The van der Waals surface area contributed by atoms with Crippen molar-refractivity contribution in [1.82, 2.24) is 0 Å². The van der Waals surface area contributed by atoms with Gasteiger partial charge < -0.3 is 9.84 Å². The van der Waals surface area contributed by atoms with Crippen LogP contribution in [0.15, 0.2) is 11.6 Å². The molecule has 3 heteroatoms. The molecular formula is C14H26O3. The van der Waals surface area contributed by atoms with Gasteiger partial charge in [0.05, 0.1) is 12.0 Å². The van der Waals surface area contributed by atoms with Crippen molar-refractivity contribution in [2.24, 2.45) is 5.41 Å². The summed E-state index contributed by atoms with van der Waals surface area (Å²) in [7, 11) is 0. The highest BCUT2D eigenvalue weighted by atomic mass is 16.5. The molecule has 0 spiro atoms. The monoisotopic (exact) mass is 242 g/mol. The van der Waals surface area contributed by atoms with E-state index in [4.69, 9.17) is 9.84 Å². The van der Waals surface area contributed by atoms with E-state index in [1.54, 1.807) is 0 Å². The molecule has 0 aromatic heterocycles. The SMILES string of the molecule is CC(=CCCCOC(=O)C(C)(C)C)CCCO. The molecule has 100 valence electrons. The first kappa shape index (κ1) is 16.2. The fourth-order valence-electron chi connectivity index (χ4n) is 1.27. The molecule has 0 saturated heterocycles. The molecule has 0 atom stereocenters. The van der Waals surface area contributed by atoms with Crippen LogP contribution in [0.2, 0.25) is 0 Å². The van der Waals surface area contributed by atoms with Crippen LogP contribution in [0.25, 0.3) is 0 Å². The lowest BCUT2D eigenvalue weighted by molar-refractivity contribution is -0.153. The lowest BCUT2D eigenvalue weighted by atomic mass is 9.97. The molecule has 0 aliphatic heterocycles. The number of hydrogen-bond donors (Lipinski definition) is 1. The quantitative estimate of drug-likeness (QED) is 0.424. The number of ether oxygens (including phenoxy) is 1. The second-order valence-corrected chi connectivity index (χ2v) is 5.41. The van der Waals surface area contributed by atoms with Crippen LogP contribution in [-0.4, -0.2) is 24.3 Å². The first-order valence-corrected chi connectivity index (χ1v) is 6.31. The van der Waals surface area contributed by atoms with E-state index in [2.05, 4.69) is 13.0 Å². The van der Waals surface area contributed by atoms with Gasteiger partial charge in [-0.05, 0) is 53.4 Å². The minimum absolute atomic E-state index is 0.140. The molecular weight excluding hydrogens is 216 g/mol. The third kappa shape index (κ3) is 8.93. The van der Waals surface area contributed by atoms with Crippen LogP contribution < -0.4 is 0 Å². The van der Waals surface area contributed by atoms with Gasteiger partial charge in [0.2, 0.25) is 0 Å². The van der Waals surface area contributed by atoms with Crippen molar-refractivity contribution in [3.8, 4) is 0 Å². The number of carbonyl (C=O) groups excluding carboxylic acids is 1. The number of esters is 1. The summed E-state index contributed by atoms with van der Waals surface area (Å²) in [5.41, 5.74) is 0.883. The predicted molar refractivity (Wildman–Crippen MR) is 69.7 cm³/mol. The summed E-state index contributed by atoms with van der Waals surface area (Å²) in [6, 6.07) is 0. The summed E-state index contributed by atoms with van der Waals surface area (Å²) in [5.74, 6) is -0.140. The molecule has 0 unspecified atom stereocenters. The second kappa shape index (κ2) is 8.29. The minimum atomic E-state index is -0.410. The van der Waals surface area contributed by atoms with Gasteiger partial charge in [-0.2, -0.15) is 0 Å². The van der Waals surface area contributed by atoms with Crippen molar-refractivity contribution in [1.29, 1.82) is 0 Å². The Hall–Kier alpha value is -0.830. The van der Waals surface area contributed by atoms with Crippen LogP contribution in [0.3, 0.4) is 0 Å². The molecule has 0 aromatic carbocycles. The zero-order valence-electron chi connectivity index (χ0n) is 11.6. The van der Waals surface area contributed by atoms with Crippen LogP contribution in [-0.2, 0) is 9.53 Å². The molecule has 17 heavy (non-hydrogen) atoms. The number of rotatable bonds is 7. The van der Waals surface area contributed by atoms with Gasteiger partial charge in [-0.1, -0.05) is 11.6 Å². The van der Waals surface area contributed by atoms with Gasteiger partial charge in [0.1, 0.15) is 0 Å². The lowest BCUT2D eigenvalue weighted by Crippen LogP contribution is -2.23. The molecule has 0 radical (unpaired) electrons. The van der Waals surface area contributed by atoms with Crippen LogP contribution in [0.4, 0.5) is 0 Å². The van der Waals surface area contributed by atoms with Crippen molar-refractivity contribution >= 4 is 5.97 Å². The Morgan fingerprint density at radius 2 is 1.94 bits per heavy atom. The molecule has 0 heterocycles. The van der Waals surface area contributed by atoms with E-state index < -0.39 is 5.41 Å². The van der Waals surface area contributed by atoms with Gasteiger partial charge in [-0.25, -0.2) is 0 Å². The zero-order valence-corrected chi connectivity index (χ0v) is 11.6. The van der Waals surface area contributed by atoms with E-state index in [0.29, 0.717) is 6.61 Å². The van der Waals surface area contributed by atoms with E-state index in [1.807, 2.05) is 20.8 Å². The molecule has 0 rings (SSSR count). The number of hydrogen-bond acceptors (Lipinski definition) is 3. The number of allylic oxidation sites excluding steroid dienone is 2. The van der Waals surface area contributed by atoms with Crippen LogP contribution in [0.5, 0.6) is 0 Å². The summed E-state index contributed by atoms with van der Waals surface area (Å²) < 4.78 is 5.16. The average Bonchev–Trinajstić information content (AvgIpc) is 2.24. The second-order valence-electron chi connectivity index (χ2n) is 5.41. The fourth-order valence-corrected chi connectivity index (χ4v) is 1.27. The Kier molecular flexibility index (Phi) is 7.88. The molecule has 0 aliphatic carbocycles. The molecule has 0 fully saturated rings. The summed E-state index contributed by atoms with van der Waals surface area (Å²) in [5, 5.41) is 8.68. The number of unbranched alkanes of at least 4 members (excludes halogenated alkanes) is 1. The maximum atomic E-state index is 11.4. The normalized spacial score (nSPS) is 12.6. The highest BCUT2D eigenvalue weighted by Crippen LogP contribution is 2.15. The van der Waals surface area contributed by atoms with Crippen molar-refractivity contribution in [3.05, 3.63) is 11.6 Å². The largest absolute Gasteiger partial charge is 0.465 e. The fraction of sp³-hybridized carbons (Fsp3) is 0.786. The number of aliphatic hydroxyl groups excluding tert-OH is 1. The predicted octanol–water partition coefficient (Wildman–Crippen LogP) is 3.07. The van der Waals surface area contributed by atoms with Crippen molar-refractivity contribution in [2.45, 2.75) is 53.4 Å². The molecule has 0 aliphatic rings. The Bertz CT molecular complexity index is 249. The Morgan fingerprint density at radius 1 is 1.29 bits per heavy atom. The first-order chi connectivity index (χ1) is 7.88. The highest BCUT2D eigenvalue weighted by Gasteiger charge is 2.22. The number of carbonyl (C=O) groups is 1. The van der Waals surface area contributed by atoms with Gasteiger partial charge >= 0.3 is 5.97 Å². The Balaban J connectivity index is 3.62. The van der Waals surface area contributed by atoms with Crippen LogP contribution >= 0.6 is 0 Å². The van der Waals surface area contributed by atoms with E-state index in [9.17, 15) is 4.79 Å². The van der Waals surface area contributed by atoms with Gasteiger partial charge in [-0.3, -0.25) is 4.79 Å². The summed E-state index contributed by atoms with van der Waals surface area (Å²) in [6.45, 7) is 8.36. The van der Waals surface area contributed by atoms with E-state index in [-0.39, 0.29) is 12.6 Å². The number of aliphatic hydroxyl groups is 1. The summed E-state index contributed by atoms with van der Waals surface area (Å²) in [6.07, 6.45) is 5.70. The maximum absolute atomic E-state index is 11.4. The van der Waals surface area contributed by atoms with Gasteiger partial charge in [-0.15, -0.1) is 0 Å². The van der Waals surface area contributed by atoms with Crippen LogP contribution in [0, 0.1) is 5.41 Å². The lowest BCUT2D eigenvalue weighted by Gasteiger charge is -2.16. The van der Waals surface area contributed by atoms with E-state index in [0.717, 1.165) is 25.7 Å². The summed E-state index contributed by atoms with van der Waals surface area (Å²) >= 11 is 0. The molecule has 0 bridgehead atoms. The molecule has 0 amide bonds. The van der Waals surface area contributed by atoms with Crippen molar-refractivity contribution in [2.75, 3.05) is 13.2 Å². The third-order valence-electron chi connectivity index (χ3n) is 2.42. The Labute approximate surface area is 105 Å². The average molecular weight is 242 g/mol. The van der Waals surface area contributed by atoms with Gasteiger partial charge in [0.15, 0.2) is 0 Å². The van der Waals surface area contributed by atoms with E-state index in [1.165, 1.54) is 5.57 Å². The first-order valence-electron chi connectivity index (χ1n) is 6.31. The third-order valence-corrected chi connectivity index (χ3v) is 2.42. The molecule has 0 saturated carbocycles. The van der Waals surface area contributed by atoms with Crippen molar-refractivity contribution < 1.29 is 14.6 Å². The maximum Gasteiger partial charge on any atom is 0.311 e. The standard InChI is InChI=1S/C14H26O3/c1-12(9-7-10-15)8-5-6-11-17-13(16)14(2,3)4/h8,15H,5-7,9-11H2,1-4H3. The van der Waals surface area contributed by atoms with Crippen molar-refractivity contribution in [3.63, 3.8) is 0 Å². The molecule has 3 nitrogen and oxygen atoms in total. The van der Waals surface area contributed by atoms with E-state index >= 15 is 0 Å². The highest BCUT2D eigenvalue weighted by molar-refractivity contribution is 5.75. The zero-order chi connectivity index (χ0) is 13.3. The molecule has 1 N–H and O–H groups in total. The Morgan fingerprint density at radius 3 is 2.47 bits per heavy atom. The smallest absolute Gasteiger partial charge is 0.311 e. The minimum Gasteiger partial charge on any atom is -0.465 e.